The summed E-state index contributed by atoms with van der Waals surface area (Å²) in [4.78, 5) is 24.3. The lowest BCUT2D eigenvalue weighted by Gasteiger charge is -2.12. The van der Waals surface area contributed by atoms with E-state index in [1.807, 2.05) is 50.2 Å². The Hall–Kier alpha value is -2.92. The molecule has 5 nitrogen and oxygen atoms in total. The Morgan fingerprint density at radius 1 is 1.19 bits per heavy atom. The molecule has 1 atom stereocenters. The van der Waals surface area contributed by atoms with Crippen molar-refractivity contribution in [2.24, 2.45) is 5.73 Å². The smallest absolute Gasteiger partial charge is 0.338 e. The topological polar surface area (TPSA) is 82.5 Å². The van der Waals surface area contributed by atoms with Crippen LogP contribution in [0, 0.1) is 6.92 Å². The van der Waals surface area contributed by atoms with Gasteiger partial charge in [-0.25, -0.2) is 9.59 Å². The minimum Gasteiger partial charge on any atom is -0.457 e. The van der Waals surface area contributed by atoms with E-state index in [-0.39, 0.29) is 12.6 Å². The van der Waals surface area contributed by atoms with Crippen molar-refractivity contribution in [2.45, 2.75) is 39.3 Å². The molecular formula is C22H23NO4. The number of carbonyl (C=O) groups excluding carboxylic acids is 1. The molecule has 0 aliphatic carbocycles. The Bertz CT molecular complexity index is 1010. The Labute approximate surface area is 157 Å². The number of hydrogen-bond acceptors (Lipinski definition) is 5. The summed E-state index contributed by atoms with van der Waals surface area (Å²) in [5.74, 6) is -0.452. The number of rotatable bonds is 6. The molecule has 2 N–H and O–H groups in total. The van der Waals surface area contributed by atoms with Gasteiger partial charge in [-0.1, -0.05) is 30.3 Å². The zero-order valence-electron chi connectivity index (χ0n) is 15.5. The molecule has 0 spiro atoms. The molecule has 1 aromatic heterocycles. The first-order valence-corrected chi connectivity index (χ1v) is 8.98. The van der Waals surface area contributed by atoms with Crippen LogP contribution in [0.3, 0.4) is 0 Å². The number of ether oxygens (including phenoxy) is 1. The van der Waals surface area contributed by atoms with Gasteiger partial charge in [0.05, 0.1) is 5.56 Å². The molecule has 0 bridgehead atoms. The van der Waals surface area contributed by atoms with E-state index in [2.05, 4.69) is 0 Å². The highest BCUT2D eigenvalue weighted by atomic mass is 16.5. The minimum absolute atomic E-state index is 0.0322. The average Bonchev–Trinajstić information content (AvgIpc) is 2.64. The molecule has 140 valence electrons. The Morgan fingerprint density at radius 3 is 2.63 bits per heavy atom. The van der Waals surface area contributed by atoms with Gasteiger partial charge in [0.15, 0.2) is 0 Å². The predicted octanol–water partition coefficient (Wildman–Crippen LogP) is 3.74. The van der Waals surface area contributed by atoms with Crippen LogP contribution in [0.5, 0.6) is 0 Å². The summed E-state index contributed by atoms with van der Waals surface area (Å²) in [6.45, 7) is 3.99. The number of hydrogen-bond donors (Lipinski definition) is 1. The molecule has 1 unspecified atom stereocenters. The number of esters is 1. The van der Waals surface area contributed by atoms with E-state index >= 15 is 0 Å². The van der Waals surface area contributed by atoms with Crippen molar-refractivity contribution in [3.63, 3.8) is 0 Å². The molecular weight excluding hydrogens is 342 g/mol. The third-order valence-electron chi connectivity index (χ3n) is 4.44. The van der Waals surface area contributed by atoms with Crippen LogP contribution in [-0.4, -0.2) is 12.0 Å². The van der Waals surface area contributed by atoms with Crippen molar-refractivity contribution in [3.05, 3.63) is 81.2 Å². The van der Waals surface area contributed by atoms with Crippen LogP contribution in [-0.2, 0) is 17.8 Å². The molecule has 0 fully saturated rings. The number of fused-ring (bicyclic) bond motifs is 1. The molecule has 1 heterocycles. The quantitative estimate of drug-likeness (QED) is 0.531. The van der Waals surface area contributed by atoms with E-state index < -0.39 is 11.6 Å². The predicted molar refractivity (Wildman–Crippen MR) is 105 cm³/mol. The molecule has 0 saturated heterocycles. The summed E-state index contributed by atoms with van der Waals surface area (Å²) in [7, 11) is 0. The van der Waals surface area contributed by atoms with Gasteiger partial charge in [0, 0.05) is 17.5 Å². The summed E-state index contributed by atoms with van der Waals surface area (Å²) in [6, 6.07) is 14.4. The number of nitrogens with two attached hydrogens (primary N) is 1. The van der Waals surface area contributed by atoms with Crippen molar-refractivity contribution < 1.29 is 13.9 Å². The second-order valence-corrected chi connectivity index (χ2v) is 6.83. The van der Waals surface area contributed by atoms with Gasteiger partial charge in [-0.2, -0.15) is 0 Å². The third kappa shape index (κ3) is 4.63. The molecule has 2 aromatic carbocycles. The van der Waals surface area contributed by atoms with Crippen LogP contribution < -0.4 is 11.4 Å². The van der Waals surface area contributed by atoms with Gasteiger partial charge in [-0.15, -0.1) is 0 Å². The first-order valence-electron chi connectivity index (χ1n) is 8.98. The van der Waals surface area contributed by atoms with E-state index in [0.29, 0.717) is 17.6 Å². The van der Waals surface area contributed by atoms with Gasteiger partial charge in [0.1, 0.15) is 12.2 Å². The van der Waals surface area contributed by atoms with Gasteiger partial charge in [-0.3, -0.25) is 0 Å². The Balaban J connectivity index is 1.94. The van der Waals surface area contributed by atoms with Crippen LogP contribution in [0.4, 0.5) is 0 Å². The first-order chi connectivity index (χ1) is 12.9. The lowest BCUT2D eigenvalue weighted by atomic mass is 9.97. The molecule has 0 amide bonds. The van der Waals surface area contributed by atoms with Crippen molar-refractivity contribution in [1.29, 1.82) is 0 Å². The second kappa shape index (κ2) is 8.18. The van der Waals surface area contributed by atoms with Crippen molar-refractivity contribution >= 4 is 16.9 Å². The van der Waals surface area contributed by atoms with E-state index in [0.717, 1.165) is 28.5 Å². The maximum Gasteiger partial charge on any atom is 0.338 e. The number of benzene rings is 2. The average molecular weight is 365 g/mol. The zero-order chi connectivity index (χ0) is 19.4. The van der Waals surface area contributed by atoms with Crippen LogP contribution in [0.2, 0.25) is 0 Å². The van der Waals surface area contributed by atoms with Crippen molar-refractivity contribution in [3.8, 4) is 0 Å². The van der Waals surface area contributed by atoms with E-state index in [1.165, 1.54) is 6.07 Å². The molecule has 0 aliphatic rings. The van der Waals surface area contributed by atoms with Gasteiger partial charge in [0.2, 0.25) is 0 Å². The molecule has 0 aliphatic heterocycles. The molecule has 3 rings (SSSR count). The van der Waals surface area contributed by atoms with Gasteiger partial charge < -0.3 is 14.9 Å². The second-order valence-electron chi connectivity index (χ2n) is 6.83. The van der Waals surface area contributed by atoms with E-state index in [9.17, 15) is 9.59 Å². The fourth-order valence-corrected chi connectivity index (χ4v) is 3.09. The molecule has 3 aromatic rings. The molecule has 5 heteroatoms. The Morgan fingerprint density at radius 2 is 1.93 bits per heavy atom. The maximum atomic E-state index is 12.6. The molecule has 0 saturated carbocycles. The minimum atomic E-state index is -0.452. The normalized spacial score (nSPS) is 12.1. The monoisotopic (exact) mass is 365 g/mol. The lowest BCUT2D eigenvalue weighted by Crippen LogP contribution is -2.16. The highest BCUT2D eigenvalue weighted by molar-refractivity contribution is 5.96. The van der Waals surface area contributed by atoms with Crippen molar-refractivity contribution in [2.75, 3.05) is 0 Å². The van der Waals surface area contributed by atoms with Crippen LogP contribution in [0.1, 0.15) is 40.4 Å². The number of carbonyl (C=O) groups is 1. The highest BCUT2D eigenvalue weighted by Gasteiger charge is 2.15. The van der Waals surface area contributed by atoms with E-state index in [4.69, 9.17) is 14.9 Å². The molecule has 27 heavy (non-hydrogen) atoms. The summed E-state index contributed by atoms with van der Waals surface area (Å²) < 4.78 is 10.8. The number of aryl methyl sites for hydroxylation is 2. The largest absolute Gasteiger partial charge is 0.457 e. The van der Waals surface area contributed by atoms with Gasteiger partial charge >= 0.3 is 11.6 Å². The van der Waals surface area contributed by atoms with E-state index in [1.54, 1.807) is 6.07 Å². The van der Waals surface area contributed by atoms with Gasteiger partial charge in [-0.05, 0) is 55.5 Å². The van der Waals surface area contributed by atoms with Gasteiger partial charge in [0.25, 0.3) is 0 Å². The third-order valence-corrected chi connectivity index (χ3v) is 4.44. The highest BCUT2D eigenvalue weighted by Crippen LogP contribution is 2.25. The summed E-state index contributed by atoms with van der Waals surface area (Å²) >= 11 is 0. The lowest BCUT2D eigenvalue weighted by molar-refractivity contribution is 0.0472. The maximum absolute atomic E-state index is 12.6. The standard InChI is InChI=1S/C22H23NO4/c1-14-10-20(24)27-19-12-18(11-17(21(14)19)9-8-15(2)23)22(25)26-13-16-6-4-3-5-7-16/h3-7,10-12,15H,8-9,13,23H2,1-2H3. The van der Waals surface area contributed by atoms with Crippen molar-refractivity contribution in [1.82, 2.24) is 0 Å². The first kappa shape index (κ1) is 18.9. The summed E-state index contributed by atoms with van der Waals surface area (Å²) in [5, 5.41) is 0.856. The van der Waals surface area contributed by atoms with Crippen LogP contribution in [0.25, 0.3) is 11.0 Å². The SMILES string of the molecule is Cc1cc(=O)oc2cc(C(=O)OCc3ccccc3)cc(CCC(C)N)c12. The summed E-state index contributed by atoms with van der Waals surface area (Å²) in [5.41, 5.74) is 8.88. The summed E-state index contributed by atoms with van der Waals surface area (Å²) in [6.07, 6.45) is 1.44. The molecule has 0 radical (unpaired) electrons. The Kier molecular flexibility index (Phi) is 5.72. The fourth-order valence-electron chi connectivity index (χ4n) is 3.09. The van der Waals surface area contributed by atoms with Crippen LogP contribution in [0.15, 0.2) is 57.7 Å². The fraction of sp³-hybridized carbons (Fsp3) is 0.273. The zero-order valence-corrected chi connectivity index (χ0v) is 15.5. The van der Waals surface area contributed by atoms with Crippen LogP contribution >= 0.6 is 0 Å².